The number of ether oxygens (including phenoxy) is 1. The molecule has 31 heavy (non-hydrogen) atoms. The number of fused-ring (bicyclic) bond motifs is 1. The third-order valence-electron chi connectivity index (χ3n) is 4.91. The summed E-state index contributed by atoms with van der Waals surface area (Å²) < 4.78 is 47.7. The molecule has 0 spiro atoms. The molecule has 2 aliphatic rings. The molecule has 1 aliphatic carbocycles. The van der Waals surface area contributed by atoms with Crippen LogP contribution >= 0.6 is 11.8 Å². The highest BCUT2D eigenvalue weighted by molar-refractivity contribution is 8.14. The number of anilines is 1. The lowest BCUT2D eigenvalue weighted by Crippen LogP contribution is -2.19. The second-order valence-electron chi connectivity index (χ2n) is 6.98. The zero-order valence-electron chi connectivity index (χ0n) is 16.1. The predicted molar refractivity (Wildman–Crippen MR) is 110 cm³/mol. The molecule has 0 bridgehead atoms. The number of rotatable bonds is 5. The van der Waals surface area contributed by atoms with Crippen molar-refractivity contribution in [2.45, 2.75) is 24.1 Å². The molecule has 3 unspecified atom stereocenters. The van der Waals surface area contributed by atoms with Crippen LogP contribution in [0.5, 0.6) is 5.88 Å². The second-order valence-corrected chi connectivity index (χ2v) is 8.14. The van der Waals surface area contributed by atoms with E-state index < -0.39 is 34.9 Å². The van der Waals surface area contributed by atoms with Crippen LogP contribution in [0.1, 0.15) is 27.8 Å². The zero-order chi connectivity index (χ0) is 22.3. The van der Waals surface area contributed by atoms with Gasteiger partial charge in [-0.1, -0.05) is 17.7 Å². The van der Waals surface area contributed by atoms with Gasteiger partial charge in [0.2, 0.25) is 5.88 Å². The van der Waals surface area contributed by atoms with Gasteiger partial charge in [0.1, 0.15) is 11.5 Å². The van der Waals surface area contributed by atoms with Crippen LogP contribution in [0.15, 0.2) is 29.4 Å². The number of aromatic nitrogens is 2. The number of hydrogen-bond acceptors (Lipinski definition) is 7. The van der Waals surface area contributed by atoms with Crippen molar-refractivity contribution in [1.29, 1.82) is 0 Å². The highest BCUT2D eigenvalue weighted by Crippen LogP contribution is 2.64. The topological polar surface area (TPSA) is 102 Å². The van der Waals surface area contributed by atoms with E-state index in [-0.39, 0.29) is 40.3 Å². The lowest BCUT2D eigenvalue weighted by Gasteiger charge is -2.18. The normalized spacial score (nSPS) is 23.2. The Morgan fingerprint density at radius 2 is 2.23 bits per heavy atom. The van der Waals surface area contributed by atoms with Crippen LogP contribution in [0.3, 0.4) is 0 Å². The number of carbonyl (C=O) groups excluding carboxylic acids is 1. The summed E-state index contributed by atoms with van der Waals surface area (Å²) in [5.41, 5.74) is 6.10. The summed E-state index contributed by atoms with van der Waals surface area (Å²) in [5, 5.41) is 1.53. The first-order valence-electron chi connectivity index (χ1n) is 9.10. The van der Waals surface area contributed by atoms with Crippen LogP contribution in [0, 0.1) is 31.0 Å². The summed E-state index contributed by atoms with van der Waals surface area (Å²) >= 11 is 0.795. The first kappa shape index (κ1) is 21.0. The average molecular weight is 447 g/mol. The second kappa shape index (κ2) is 7.77. The molecule has 2 heterocycles. The summed E-state index contributed by atoms with van der Waals surface area (Å²) in [4.78, 5) is 24.8. The Balaban J connectivity index is 1.56. The van der Waals surface area contributed by atoms with Crippen LogP contribution in [0.4, 0.5) is 18.9 Å². The highest BCUT2D eigenvalue weighted by Gasteiger charge is 2.73. The minimum Gasteiger partial charge on any atom is -0.463 e. The molecule has 0 radical (unpaired) electrons. The first-order valence-corrected chi connectivity index (χ1v) is 9.98. The van der Waals surface area contributed by atoms with Gasteiger partial charge in [0.05, 0.1) is 29.1 Å². The van der Waals surface area contributed by atoms with Crippen molar-refractivity contribution in [3.05, 3.63) is 47.2 Å². The van der Waals surface area contributed by atoms with Crippen molar-refractivity contribution >= 4 is 28.5 Å². The molecule has 1 aromatic carbocycles. The molecule has 1 aromatic heterocycles. The zero-order valence-corrected chi connectivity index (χ0v) is 16.9. The maximum Gasteiger partial charge on any atom is 0.276 e. The molecule has 3 N–H and O–H groups in total. The number of thioether (sulfide) groups is 1. The van der Waals surface area contributed by atoms with Gasteiger partial charge in [0, 0.05) is 11.3 Å². The van der Waals surface area contributed by atoms with Crippen molar-refractivity contribution in [2.75, 3.05) is 11.9 Å². The fourth-order valence-electron chi connectivity index (χ4n) is 3.40. The molecule has 1 amide bonds. The van der Waals surface area contributed by atoms with E-state index in [0.29, 0.717) is 0 Å². The predicted octanol–water partition coefficient (Wildman–Crippen LogP) is 2.92. The van der Waals surface area contributed by atoms with Crippen LogP contribution in [-0.4, -0.2) is 38.8 Å². The number of amidine groups is 1. The minimum absolute atomic E-state index is 0.00554. The molecule has 11 heteroatoms. The quantitative estimate of drug-likeness (QED) is 0.684. The minimum atomic E-state index is -2.98. The number of halogens is 3. The van der Waals surface area contributed by atoms with Crippen molar-refractivity contribution in [2.24, 2.45) is 16.6 Å². The maximum absolute atomic E-state index is 14.5. The molecule has 1 fully saturated rings. The van der Waals surface area contributed by atoms with Crippen LogP contribution in [0.2, 0.25) is 0 Å². The van der Waals surface area contributed by atoms with Crippen molar-refractivity contribution in [1.82, 2.24) is 9.97 Å². The number of terminal acetylenes is 1. The Morgan fingerprint density at radius 3 is 2.94 bits per heavy atom. The van der Waals surface area contributed by atoms with E-state index in [9.17, 15) is 18.0 Å². The number of nitrogens with two attached hydrogens (primary N) is 1. The monoisotopic (exact) mass is 447 g/mol. The van der Waals surface area contributed by atoms with Crippen LogP contribution in [-0.2, 0) is 0 Å². The van der Waals surface area contributed by atoms with Crippen LogP contribution < -0.4 is 15.8 Å². The number of hydrogen-bond donors (Lipinski definition) is 2. The van der Waals surface area contributed by atoms with Gasteiger partial charge in [-0.25, -0.2) is 23.1 Å². The number of amides is 1. The molecule has 4 rings (SSSR count). The van der Waals surface area contributed by atoms with E-state index in [4.69, 9.17) is 16.9 Å². The molecule has 1 aliphatic heterocycles. The average Bonchev–Trinajstić information content (AvgIpc) is 3.27. The van der Waals surface area contributed by atoms with Crippen molar-refractivity contribution in [3.8, 4) is 18.2 Å². The van der Waals surface area contributed by atoms with E-state index >= 15 is 0 Å². The number of alkyl halides is 2. The Labute approximate surface area is 179 Å². The molecule has 1 saturated carbocycles. The summed E-state index contributed by atoms with van der Waals surface area (Å²) in [6.45, 7) is 1.57. The van der Waals surface area contributed by atoms with Crippen molar-refractivity contribution < 1.29 is 22.7 Å². The summed E-state index contributed by atoms with van der Waals surface area (Å²) in [6.07, 6.45) is 6.37. The Morgan fingerprint density at radius 1 is 1.45 bits per heavy atom. The number of aryl methyl sites for hydroxylation is 1. The number of nitrogens with zero attached hydrogens (tertiary/aromatic N) is 3. The maximum atomic E-state index is 14.5. The number of carbonyl (C=O) groups is 1. The largest absolute Gasteiger partial charge is 0.463 e. The van der Waals surface area contributed by atoms with E-state index in [0.717, 1.165) is 17.8 Å². The summed E-state index contributed by atoms with van der Waals surface area (Å²) in [7, 11) is 0. The fraction of sp³-hybridized carbons (Fsp3) is 0.300. The Hall–Kier alpha value is -3.26. The van der Waals surface area contributed by atoms with Gasteiger partial charge in [-0.3, -0.25) is 9.79 Å². The van der Waals surface area contributed by atoms with Gasteiger partial charge in [-0.05, 0) is 25.1 Å². The van der Waals surface area contributed by atoms with E-state index in [2.05, 4.69) is 26.2 Å². The number of benzene rings is 1. The van der Waals surface area contributed by atoms with Crippen LogP contribution in [0.25, 0.3) is 0 Å². The van der Waals surface area contributed by atoms with Gasteiger partial charge in [0.15, 0.2) is 11.8 Å². The van der Waals surface area contributed by atoms with E-state index in [1.54, 1.807) is 6.92 Å². The molecule has 2 aromatic rings. The first-order chi connectivity index (χ1) is 14.7. The van der Waals surface area contributed by atoms with Gasteiger partial charge in [-0.2, -0.15) is 0 Å². The van der Waals surface area contributed by atoms with Gasteiger partial charge in [-0.15, -0.1) is 6.42 Å². The van der Waals surface area contributed by atoms with Gasteiger partial charge < -0.3 is 15.8 Å². The molecule has 3 atom stereocenters. The Bertz CT molecular complexity index is 1130. The lowest BCUT2D eigenvalue weighted by atomic mass is 10.0. The molecule has 7 nitrogen and oxygen atoms in total. The standard InChI is InChI=1S/C20H16F3N5O2S/c1-3-6-30-13-8-25-15(9(2)26-13)18(29)27-10-4-5-12(21)11(7-10)16-14-17(20(14,22)23)31-19(24)28-16/h1,4-5,7-8,14,16-17H,6H2,2H3,(H2,24,28)(H,27,29). The molecular formula is C20H16F3N5O2S. The SMILES string of the molecule is C#CCOc1cnc(C(=O)Nc2ccc(F)c(C3N=C(N)SC4C3C4(F)F)c2)c(C)n1. The molecular weight excluding hydrogens is 431 g/mol. The summed E-state index contributed by atoms with van der Waals surface area (Å²) in [6, 6.07) is 2.55. The van der Waals surface area contributed by atoms with E-state index in [1.165, 1.54) is 18.3 Å². The molecule has 160 valence electrons. The van der Waals surface area contributed by atoms with E-state index in [1.807, 2.05) is 0 Å². The fourth-order valence-corrected chi connectivity index (χ4v) is 4.54. The third kappa shape index (κ3) is 3.90. The number of nitrogens with one attached hydrogen (secondary N) is 1. The Kier molecular flexibility index (Phi) is 5.26. The summed E-state index contributed by atoms with van der Waals surface area (Å²) in [5.74, 6) is -2.99. The number of aliphatic imine (C=N–C) groups is 1. The van der Waals surface area contributed by atoms with Gasteiger partial charge in [0.25, 0.3) is 11.8 Å². The third-order valence-corrected chi connectivity index (χ3v) is 6.12. The van der Waals surface area contributed by atoms with Gasteiger partial charge >= 0.3 is 0 Å². The highest BCUT2D eigenvalue weighted by atomic mass is 32.2. The van der Waals surface area contributed by atoms with Crippen molar-refractivity contribution in [3.63, 3.8) is 0 Å². The lowest BCUT2D eigenvalue weighted by molar-refractivity contribution is 0.0947. The smallest absolute Gasteiger partial charge is 0.276 e. The molecule has 0 saturated heterocycles.